The van der Waals surface area contributed by atoms with Crippen LogP contribution in [-0.2, 0) is 0 Å². The summed E-state index contributed by atoms with van der Waals surface area (Å²) < 4.78 is 5.77. The van der Waals surface area contributed by atoms with Crippen LogP contribution in [-0.4, -0.2) is 0 Å². The van der Waals surface area contributed by atoms with Crippen LogP contribution in [0, 0.1) is 0 Å². The molecule has 3 aromatic rings. The van der Waals surface area contributed by atoms with E-state index in [1.807, 2.05) is 42.5 Å². The first-order valence-corrected chi connectivity index (χ1v) is 6.98. The zero-order valence-corrected chi connectivity index (χ0v) is 12.0. The fourth-order valence-corrected chi connectivity index (χ4v) is 2.23. The van der Waals surface area contributed by atoms with E-state index in [2.05, 4.69) is 12.1 Å². The van der Waals surface area contributed by atoms with E-state index in [9.17, 15) is 0 Å². The lowest BCUT2D eigenvalue weighted by Crippen LogP contribution is -1.91. The monoisotopic (exact) mass is 295 g/mol. The fraction of sp³-hybridized carbons (Fsp3) is 0. The number of hydrogen-bond acceptors (Lipinski definition) is 2. The molecule has 0 aliphatic carbocycles. The predicted octanol–water partition coefficient (Wildman–Crippen LogP) is 5.38. The maximum atomic E-state index is 5.95. The van der Waals surface area contributed by atoms with Crippen molar-refractivity contribution < 1.29 is 4.74 Å². The average Bonchev–Trinajstić information content (AvgIpc) is 2.53. The number of halogens is 1. The zero-order chi connectivity index (χ0) is 14.7. The molecule has 0 fully saturated rings. The highest BCUT2D eigenvalue weighted by atomic mass is 35.5. The summed E-state index contributed by atoms with van der Waals surface area (Å²) in [5, 5.41) is 0.597. The maximum absolute atomic E-state index is 5.95. The summed E-state index contributed by atoms with van der Waals surface area (Å²) in [5.41, 5.74) is 8.75. The molecule has 0 bridgehead atoms. The van der Waals surface area contributed by atoms with Gasteiger partial charge in [-0.2, -0.15) is 0 Å². The number of rotatable bonds is 3. The van der Waals surface area contributed by atoms with Gasteiger partial charge in [0.2, 0.25) is 0 Å². The maximum Gasteiger partial charge on any atom is 0.151 e. The number of hydrogen-bond donors (Lipinski definition) is 1. The summed E-state index contributed by atoms with van der Waals surface area (Å²) in [6.45, 7) is 0. The molecular formula is C18H14ClNO. The molecule has 0 aromatic heterocycles. The Kier molecular flexibility index (Phi) is 3.80. The van der Waals surface area contributed by atoms with Crippen LogP contribution in [0.15, 0.2) is 72.8 Å². The first kappa shape index (κ1) is 13.5. The minimum absolute atomic E-state index is 0.562. The van der Waals surface area contributed by atoms with E-state index >= 15 is 0 Å². The van der Waals surface area contributed by atoms with Gasteiger partial charge in [0.05, 0.1) is 5.69 Å². The van der Waals surface area contributed by atoms with Gasteiger partial charge in [-0.1, -0.05) is 54.1 Å². The van der Waals surface area contributed by atoms with E-state index in [0.29, 0.717) is 16.5 Å². The average molecular weight is 296 g/mol. The van der Waals surface area contributed by atoms with Crippen molar-refractivity contribution in [1.82, 2.24) is 0 Å². The zero-order valence-electron chi connectivity index (χ0n) is 11.3. The lowest BCUT2D eigenvalue weighted by atomic mass is 10.1. The first-order valence-electron chi connectivity index (χ1n) is 6.61. The fourth-order valence-electron chi connectivity index (χ4n) is 2.07. The molecule has 0 aliphatic rings. The number of nitrogen functional groups attached to an aromatic ring is 1. The van der Waals surface area contributed by atoms with E-state index in [1.54, 1.807) is 18.2 Å². The molecule has 0 aliphatic heterocycles. The van der Waals surface area contributed by atoms with Crippen LogP contribution in [0.4, 0.5) is 5.69 Å². The van der Waals surface area contributed by atoms with Crippen LogP contribution in [0.25, 0.3) is 11.1 Å². The van der Waals surface area contributed by atoms with Gasteiger partial charge in [0.15, 0.2) is 5.75 Å². The molecule has 2 N–H and O–H groups in total. The molecule has 0 saturated heterocycles. The van der Waals surface area contributed by atoms with Gasteiger partial charge in [-0.25, -0.2) is 0 Å². The Morgan fingerprint density at radius 3 is 2.14 bits per heavy atom. The molecule has 21 heavy (non-hydrogen) atoms. The molecule has 2 nitrogen and oxygen atoms in total. The molecule has 0 spiro atoms. The van der Waals surface area contributed by atoms with E-state index in [1.165, 1.54) is 5.56 Å². The lowest BCUT2D eigenvalue weighted by Gasteiger charge is -2.09. The summed E-state index contributed by atoms with van der Waals surface area (Å²) in [6.07, 6.45) is 0. The Morgan fingerprint density at radius 1 is 0.762 bits per heavy atom. The second-order valence-electron chi connectivity index (χ2n) is 4.67. The van der Waals surface area contributed by atoms with E-state index in [-0.39, 0.29) is 0 Å². The third kappa shape index (κ3) is 3.18. The number of ether oxygens (including phenoxy) is 1. The smallest absolute Gasteiger partial charge is 0.151 e. The van der Waals surface area contributed by atoms with Crippen LogP contribution in [0.3, 0.4) is 0 Å². The van der Waals surface area contributed by atoms with Gasteiger partial charge in [0.25, 0.3) is 0 Å². The first-order chi connectivity index (χ1) is 10.2. The van der Waals surface area contributed by atoms with Gasteiger partial charge < -0.3 is 10.5 Å². The number of nitrogens with two attached hydrogens (primary N) is 1. The summed E-state index contributed by atoms with van der Waals surface area (Å²) in [5.74, 6) is 1.29. The molecule has 0 radical (unpaired) electrons. The van der Waals surface area contributed by atoms with Gasteiger partial charge in [0, 0.05) is 11.1 Å². The van der Waals surface area contributed by atoms with Gasteiger partial charge in [-0.3, -0.25) is 0 Å². The highest BCUT2D eigenvalue weighted by molar-refractivity contribution is 6.30. The van der Waals surface area contributed by atoms with Crippen molar-refractivity contribution in [3.63, 3.8) is 0 Å². The van der Waals surface area contributed by atoms with Crippen LogP contribution in [0.2, 0.25) is 5.02 Å². The normalized spacial score (nSPS) is 10.3. The number of anilines is 1. The standard InChI is InChI=1S/C18H14ClNO/c19-15-8-11-17(20)18(12-15)21-16-9-6-14(7-10-16)13-4-2-1-3-5-13/h1-12H,20H2. The topological polar surface area (TPSA) is 35.2 Å². The van der Waals surface area contributed by atoms with Crippen molar-refractivity contribution in [2.75, 3.05) is 5.73 Å². The van der Waals surface area contributed by atoms with Crippen molar-refractivity contribution in [2.24, 2.45) is 0 Å². The summed E-state index contributed by atoms with van der Waals surface area (Å²) in [4.78, 5) is 0. The molecule has 0 unspecified atom stereocenters. The molecular weight excluding hydrogens is 282 g/mol. The minimum atomic E-state index is 0.562. The molecule has 0 amide bonds. The van der Waals surface area contributed by atoms with Crippen molar-refractivity contribution in [3.8, 4) is 22.6 Å². The van der Waals surface area contributed by atoms with E-state index in [0.717, 1.165) is 11.3 Å². The quantitative estimate of drug-likeness (QED) is 0.658. The summed E-state index contributed by atoms with van der Waals surface area (Å²) in [7, 11) is 0. The van der Waals surface area contributed by atoms with Crippen LogP contribution in [0.5, 0.6) is 11.5 Å². The Balaban J connectivity index is 1.83. The highest BCUT2D eigenvalue weighted by Gasteiger charge is 2.04. The molecule has 0 saturated carbocycles. The molecule has 3 aromatic carbocycles. The van der Waals surface area contributed by atoms with Crippen molar-refractivity contribution >= 4 is 17.3 Å². The van der Waals surface area contributed by atoms with Crippen molar-refractivity contribution in [3.05, 3.63) is 77.8 Å². The molecule has 3 rings (SSSR count). The number of benzene rings is 3. The lowest BCUT2D eigenvalue weighted by molar-refractivity contribution is 0.485. The minimum Gasteiger partial charge on any atom is -0.455 e. The van der Waals surface area contributed by atoms with Crippen molar-refractivity contribution in [2.45, 2.75) is 0 Å². The Bertz CT molecular complexity index is 739. The second-order valence-corrected chi connectivity index (χ2v) is 5.11. The van der Waals surface area contributed by atoms with Gasteiger partial charge in [0.1, 0.15) is 5.75 Å². The third-order valence-electron chi connectivity index (χ3n) is 3.16. The second kappa shape index (κ2) is 5.90. The molecule has 104 valence electrons. The Hall–Kier alpha value is -2.45. The molecule has 0 atom stereocenters. The largest absolute Gasteiger partial charge is 0.455 e. The third-order valence-corrected chi connectivity index (χ3v) is 3.40. The Morgan fingerprint density at radius 2 is 1.43 bits per heavy atom. The summed E-state index contributed by atoms with van der Waals surface area (Å²) in [6, 6.07) is 23.2. The summed E-state index contributed by atoms with van der Waals surface area (Å²) >= 11 is 5.95. The van der Waals surface area contributed by atoms with Crippen LogP contribution in [0.1, 0.15) is 0 Å². The SMILES string of the molecule is Nc1ccc(Cl)cc1Oc1ccc(-c2ccccc2)cc1. The molecule has 0 heterocycles. The van der Waals surface area contributed by atoms with E-state index in [4.69, 9.17) is 22.1 Å². The molecule has 3 heteroatoms. The van der Waals surface area contributed by atoms with Gasteiger partial charge in [-0.05, 0) is 35.4 Å². The van der Waals surface area contributed by atoms with Gasteiger partial charge in [-0.15, -0.1) is 0 Å². The highest BCUT2D eigenvalue weighted by Crippen LogP contribution is 2.31. The van der Waals surface area contributed by atoms with Crippen molar-refractivity contribution in [1.29, 1.82) is 0 Å². The van der Waals surface area contributed by atoms with Gasteiger partial charge >= 0.3 is 0 Å². The predicted molar refractivity (Wildman–Crippen MR) is 87.8 cm³/mol. The van der Waals surface area contributed by atoms with Crippen LogP contribution < -0.4 is 10.5 Å². The van der Waals surface area contributed by atoms with E-state index < -0.39 is 0 Å². The Labute approximate surface area is 128 Å². The van der Waals surface area contributed by atoms with Crippen LogP contribution >= 0.6 is 11.6 Å².